The van der Waals surface area contributed by atoms with E-state index >= 15 is 0 Å². The van der Waals surface area contributed by atoms with E-state index in [0.29, 0.717) is 34.7 Å². The molecule has 0 bridgehead atoms. The van der Waals surface area contributed by atoms with E-state index in [2.05, 4.69) is 22.1 Å². The molecule has 0 unspecified atom stereocenters. The predicted octanol–water partition coefficient (Wildman–Crippen LogP) is 5.16. The Hall–Kier alpha value is -4.41. The first-order valence-electron chi connectivity index (χ1n) is 10.3. The van der Waals surface area contributed by atoms with Gasteiger partial charge >= 0.3 is 5.97 Å². The molecule has 7 heteroatoms. The smallest absolute Gasteiger partial charge is 0.337 e. The number of hydrogen-bond acceptors (Lipinski definition) is 6. The molecule has 1 heterocycles. The fourth-order valence-electron chi connectivity index (χ4n) is 3.03. The normalized spacial score (nSPS) is 10.0. The van der Waals surface area contributed by atoms with Crippen LogP contribution in [0.4, 0.5) is 5.69 Å². The van der Waals surface area contributed by atoms with Gasteiger partial charge in [-0.05, 0) is 60.7 Å². The quantitative estimate of drug-likeness (QED) is 0.312. The predicted molar refractivity (Wildman–Crippen MR) is 131 cm³/mol. The largest absolute Gasteiger partial charge is 0.487 e. The standard InChI is InChI=1S/C27H20N2O4S/c1-32-27(31)22-6-2-4-19(14-22)8-9-20-5-3-7-23(15-20)29-26(30)21-10-12-25(13-11-21)33-16-24-17-34-18-28-24/h2-7,10-15,17-18H,16H2,1H3,(H,29,30). The van der Waals surface area contributed by atoms with Gasteiger partial charge in [-0.15, -0.1) is 11.3 Å². The summed E-state index contributed by atoms with van der Waals surface area (Å²) >= 11 is 1.52. The van der Waals surface area contributed by atoms with Gasteiger partial charge in [-0.25, -0.2) is 9.78 Å². The summed E-state index contributed by atoms with van der Waals surface area (Å²) < 4.78 is 10.4. The molecule has 34 heavy (non-hydrogen) atoms. The van der Waals surface area contributed by atoms with Crippen LogP contribution in [-0.4, -0.2) is 24.0 Å². The van der Waals surface area contributed by atoms with Crippen molar-refractivity contribution in [2.24, 2.45) is 0 Å². The minimum atomic E-state index is -0.410. The Balaban J connectivity index is 1.39. The van der Waals surface area contributed by atoms with Crippen molar-refractivity contribution in [3.8, 4) is 17.6 Å². The topological polar surface area (TPSA) is 77.5 Å². The van der Waals surface area contributed by atoms with Gasteiger partial charge in [0.25, 0.3) is 5.91 Å². The molecule has 0 fully saturated rings. The highest BCUT2D eigenvalue weighted by molar-refractivity contribution is 7.07. The molecule has 0 atom stereocenters. The number of ether oxygens (including phenoxy) is 2. The molecular weight excluding hydrogens is 448 g/mol. The Morgan fingerprint density at radius 2 is 1.68 bits per heavy atom. The Bertz CT molecular complexity index is 1350. The van der Waals surface area contributed by atoms with Gasteiger partial charge in [0, 0.05) is 27.8 Å². The molecule has 6 nitrogen and oxygen atoms in total. The molecule has 168 valence electrons. The minimum absolute atomic E-state index is 0.234. The Morgan fingerprint density at radius 3 is 2.38 bits per heavy atom. The van der Waals surface area contributed by atoms with Crippen molar-refractivity contribution in [1.82, 2.24) is 4.98 Å². The van der Waals surface area contributed by atoms with E-state index in [1.165, 1.54) is 18.4 Å². The van der Waals surface area contributed by atoms with Gasteiger partial charge in [0.1, 0.15) is 12.4 Å². The van der Waals surface area contributed by atoms with E-state index in [0.717, 1.165) is 11.3 Å². The number of rotatable bonds is 6. The van der Waals surface area contributed by atoms with Gasteiger partial charge in [0.05, 0.1) is 23.9 Å². The molecule has 1 N–H and O–H groups in total. The highest BCUT2D eigenvalue weighted by Crippen LogP contribution is 2.17. The van der Waals surface area contributed by atoms with E-state index in [4.69, 9.17) is 9.47 Å². The average Bonchev–Trinajstić information content (AvgIpc) is 3.40. The van der Waals surface area contributed by atoms with Crippen LogP contribution >= 0.6 is 11.3 Å². The van der Waals surface area contributed by atoms with Crippen LogP contribution in [0.5, 0.6) is 5.75 Å². The Labute approximate surface area is 201 Å². The SMILES string of the molecule is COC(=O)c1cccc(C#Cc2cccc(NC(=O)c3ccc(OCc4cscn4)cc3)c2)c1. The first-order valence-corrected chi connectivity index (χ1v) is 11.3. The van der Waals surface area contributed by atoms with Gasteiger partial charge in [-0.3, -0.25) is 4.79 Å². The van der Waals surface area contributed by atoms with Crippen LogP contribution in [0.2, 0.25) is 0 Å². The number of thiazole rings is 1. The van der Waals surface area contributed by atoms with Gasteiger partial charge in [0.15, 0.2) is 0 Å². The van der Waals surface area contributed by atoms with E-state index in [9.17, 15) is 9.59 Å². The monoisotopic (exact) mass is 468 g/mol. The second-order valence-electron chi connectivity index (χ2n) is 7.15. The molecule has 0 saturated heterocycles. The lowest BCUT2D eigenvalue weighted by Gasteiger charge is -2.08. The van der Waals surface area contributed by atoms with Crippen molar-refractivity contribution < 1.29 is 19.1 Å². The number of hydrogen-bond donors (Lipinski definition) is 1. The third kappa shape index (κ3) is 6.09. The summed E-state index contributed by atoms with van der Waals surface area (Å²) in [4.78, 5) is 28.5. The zero-order valence-electron chi connectivity index (χ0n) is 18.3. The summed E-state index contributed by atoms with van der Waals surface area (Å²) in [5.74, 6) is 6.11. The van der Waals surface area contributed by atoms with Crippen molar-refractivity contribution in [1.29, 1.82) is 0 Å². The molecule has 0 aliphatic heterocycles. The summed E-state index contributed by atoms with van der Waals surface area (Å²) in [6.45, 7) is 0.385. The molecule has 0 aliphatic rings. The first-order chi connectivity index (χ1) is 16.6. The maximum Gasteiger partial charge on any atom is 0.337 e. The Kier molecular flexibility index (Phi) is 7.33. The number of methoxy groups -OCH3 is 1. The van der Waals surface area contributed by atoms with E-state index in [1.54, 1.807) is 60.1 Å². The maximum atomic E-state index is 12.7. The van der Waals surface area contributed by atoms with Crippen molar-refractivity contribution >= 4 is 28.9 Å². The number of esters is 1. The molecule has 1 amide bonds. The number of nitrogens with one attached hydrogen (secondary N) is 1. The number of amides is 1. The Morgan fingerprint density at radius 1 is 0.941 bits per heavy atom. The molecule has 0 saturated carbocycles. The van der Waals surface area contributed by atoms with Crippen LogP contribution in [0.1, 0.15) is 37.5 Å². The maximum absolute atomic E-state index is 12.7. The zero-order valence-corrected chi connectivity index (χ0v) is 19.1. The summed E-state index contributed by atoms with van der Waals surface area (Å²) in [7, 11) is 1.34. The molecule has 4 aromatic rings. The summed E-state index contributed by atoms with van der Waals surface area (Å²) in [5, 5.41) is 4.82. The highest BCUT2D eigenvalue weighted by atomic mass is 32.1. The van der Waals surface area contributed by atoms with Crippen molar-refractivity contribution in [2.75, 3.05) is 12.4 Å². The first kappa shape index (κ1) is 22.8. The molecule has 0 radical (unpaired) electrons. The van der Waals surface area contributed by atoms with E-state index in [1.807, 2.05) is 23.6 Å². The number of nitrogens with zero attached hydrogens (tertiary/aromatic N) is 1. The zero-order chi connectivity index (χ0) is 23.8. The molecule has 3 aromatic carbocycles. The van der Waals surface area contributed by atoms with E-state index in [-0.39, 0.29) is 5.91 Å². The number of anilines is 1. The number of carbonyl (C=O) groups is 2. The van der Waals surface area contributed by atoms with Crippen molar-refractivity contribution in [3.63, 3.8) is 0 Å². The van der Waals surface area contributed by atoms with Crippen LogP contribution < -0.4 is 10.1 Å². The lowest BCUT2D eigenvalue weighted by atomic mass is 10.1. The van der Waals surface area contributed by atoms with Crippen LogP contribution in [0.25, 0.3) is 0 Å². The van der Waals surface area contributed by atoms with Crippen LogP contribution in [0.3, 0.4) is 0 Å². The molecule has 0 spiro atoms. The molecular formula is C27H20N2O4S. The average molecular weight is 469 g/mol. The van der Waals surface area contributed by atoms with Crippen LogP contribution in [0.15, 0.2) is 83.7 Å². The highest BCUT2D eigenvalue weighted by Gasteiger charge is 2.08. The number of benzene rings is 3. The van der Waals surface area contributed by atoms with Crippen LogP contribution in [-0.2, 0) is 11.3 Å². The third-order valence-electron chi connectivity index (χ3n) is 4.74. The van der Waals surface area contributed by atoms with Gasteiger partial charge in [0.2, 0.25) is 0 Å². The lowest BCUT2D eigenvalue weighted by molar-refractivity contribution is 0.0600. The summed E-state index contributed by atoms with van der Waals surface area (Å²) in [5.41, 5.74) is 5.62. The number of aromatic nitrogens is 1. The second kappa shape index (κ2) is 10.9. The minimum Gasteiger partial charge on any atom is -0.487 e. The van der Waals surface area contributed by atoms with Crippen molar-refractivity contribution in [3.05, 3.63) is 112 Å². The molecule has 4 rings (SSSR count). The van der Waals surface area contributed by atoms with Gasteiger partial charge < -0.3 is 14.8 Å². The third-order valence-corrected chi connectivity index (χ3v) is 5.38. The molecule has 1 aromatic heterocycles. The lowest BCUT2D eigenvalue weighted by Crippen LogP contribution is -2.11. The fourth-order valence-corrected chi connectivity index (χ4v) is 3.58. The second-order valence-corrected chi connectivity index (χ2v) is 7.87. The van der Waals surface area contributed by atoms with Crippen molar-refractivity contribution in [2.45, 2.75) is 6.61 Å². The number of carbonyl (C=O) groups excluding carboxylic acids is 2. The molecule has 0 aliphatic carbocycles. The summed E-state index contributed by atoms with van der Waals surface area (Å²) in [6.07, 6.45) is 0. The summed E-state index contributed by atoms with van der Waals surface area (Å²) in [6, 6.07) is 21.1. The fraction of sp³-hybridized carbons (Fsp3) is 0.0741. The van der Waals surface area contributed by atoms with Gasteiger partial charge in [-0.1, -0.05) is 24.0 Å². The van der Waals surface area contributed by atoms with Crippen LogP contribution in [0, 0.1) is 11.8 Å². The van der Waals surface area contributed by atoms with E-state index < -0.39 is 5.97 Å². The van der Waals surface area contributed by atoms with Gasteiger partial charge in [-0.2, -0.15) is 0 Å².